The summed E-state index contributed by atoms with van der Waals surface area (Å²) in [7, 11) is 0. The molecule has 1 fully saturated rings. The zero-order valence-corrected chi connectivity index (χ0v) is 12.0. The molecule has 1 aliphatic carbocycles. The van der Waals surface area contributed by atoms with E-state index in [4.69, 9.17) is 16.7 Å². The van der Waals surface area contributed by atoms with Crippen LogP contribution in [0.4, 0.5) is 0 Å². The molecule has 1 aromatic heterocycles. The van der Waals surface area contributed by atoms with Gasteiger partial charge in [0.15, 0.2) is 0 Å². The van der Waals surface area contributed by atoms with Crippen LogP contribution in [0.1, 0.15) is 43.5 Å². The van der Waals surface area contributed by atoms with Crippen molar-refractivity contribution >= 4 is 28.9 Å². The molecular weight excluding hydrogens is 270 g/mol. The Morgan fingerprint density at radius 1 is 1.56 bits per heavy atom. The Balaban J connectivity index is 2.14. The summed E-state index contributed by atoms with van der Waals surface area (Å²) in [5.74, 6) is -0.753. The van der Waals surface area contributed by atoms with E-state index < -0.39 is 5.97 Å². The monoisotopic (exact) mass is 287 g/mol. The summed E-state index contributed by atoms with van der Waals surface area (Å²) in [4.78, 5) is 14.3. The van der Waals surface area contributed by atoms with Crippen LogP contribution in [0, 0.1) is 0 Å². The molecule has 3 nitrogen and oxygen atoms in total. The highest BCUT2D eigenvalue weighted by atomic mass is 35.5. The van der Waals surface area contributed by atoms with Crippen LogP contribution in [-0.4, -0.2) is 28.6 Å². The zero-order valence-electron chi connectivity index (χ0n) is 10.4. The number of hydrogen-bond acceptors (Lipinski definition) is 3. The van der Waals surface area contributed by atoms with Gasteiger partial charge in [0.2, 0.25) is 0 Å². The lowest BCUT2D eigenvalue weighted by molar-refractivity contribution is -0.139. The zero-order chi connectivity index (χ0) is 13.1. The van der Waals surface area contributed by atoms with E-state index in [0.717, 1.165) is 22.1 Å². The first-order valence-corrected chi connectivity index (χ1v) is 7.50. The van der Waals surface area contributed by atoms with Crippen LogP contribution in [0.25, 0.3) is 0 Å². The molecule has 0 aromatic carbocycles. The quantitative estimate of drug-likeness (QED) is 0.896. The van der Waals surface area contributed by atoms with Crippen molar-refractivity contribution in [3.63, 3.8) is 0 Å². The number of carboxylic acid groups (broad SMARTS) is 1. The van der Waals surface area contributed by atoms with Crippen molar-refractivity contribution in [2.24, 2.45) is 0 Å². The molecule has 2 rings (SSSR count). The van der Waals surface area contributed by atoms with E-state index in [1.54, 1.807) is 11.3 Å². The minimum absolute atomic E-state index is 0.112. The maximum atomic E-state index is 11.0. The molecule has 0 bridgehead atoms. The normalized spacial score (nSPS) is 18.4. The van der Waals surface area contributed by atoms with Gasteiger partial charge in [-0.05, 0) is 31.9 Å². The van der Waals surface area contributed by atoms with Gasteiger partial charge in [-0.15, -0.1) is 11.3 Å². The first-order chi connectivity index (χ1) is 8.58. The molecule has 5 heteroatoms. The van der Waals surface area contributed by atoms with Gasteiger partial charge in [0.1, 0.15) is 0 Å². The fraction of sp³-hybridized carbons (Fsp3) is 0.615. The Morgan fingerprint density at radius 3 is 2.72 bits per heavy atom. The van der Waals surface area contributed by atoms with Crippen LogP contribution in [0.3, 0.4) is 0 Å². The van der Waals surface area contributed by atoms with Crippen LogP contribution in [0.2, 0.25) is 4.34 Å². The summed E-state index contributed by atoms with van der Waals surface area (Å²) >= 11 is 7.50. The molecule has 18 heavy (non-hydrogen) atoms. The molecule has 0 amide bonds. The molecule has 1 N–H and O–H groups in total. The first kappa shape index (κ1) is 13.8. The van der Waals surface area contributed by atoms with Crippen molar-refractivity contribution in [2.75, 3.05) is 6.54 Å². The lowest BCUT2D eigenvalue weighted by Crippen LogP contribution is -2.39. The molecule has 0 aliphatic heterocycles. The highest BCUT2D eigenvalue weighted by Gasteiger charge is 2.29. The maximum absolute atomic E-state index is 11.0. The summed E-state index contributed by atoms with van der Waals surface area (Å²) in [6.45, 7) is 2.19. The molecular formula is C13H18ClNO2S. The fourth-order valence-corrected chi connectivity index (χ4v) is 3.82. The highest BCUT2D eigenvalue weighted by molar-refractivity contribution is 7.16. The molecule has 1 aromatic rings. The molecule has 1 unspecified atom stereocenters. The number of halogens is 1. The van der Waals surface area contributed by atoms with Gasteiger partial charge in [-0.2, -0.15) is 0 Å². The minimum atomic E-state index is -0.753. The Kier molecular flexibility index (Phi) is 4.65. The van der Waals surface area contributed by atoms with E-state index in [0.29, 0.717) is 6.04 Å². The van der Waals surface area contributed by atoms with Crippen molar-refractivity contribution in [2.45, 2.75) is 44.7 Å². The number of rotatable bonds is 5. The number of carboxylic acids is 1. The largest absolute Gasteiger partial charge is 0.480 e. The minimum Gasteiger partial charge on any atom is -0.480 e. The third-order valence-electron chi connectivity index (χ3n) is 3.61. The fourth-order valence-electron chi connectivity index (χ4n) is 2.69. The van der Waals surface area contributed by atoms with Crippen molar-refractivity contribution in [3.8, 4) is 0 Å². The van der Waals surface area contributed by atoms with Gasteiger partial charge in [0.25, 0.3) is 0 Å². The average Bonchev–Trinajstić information content (AvgIpc) is 2.95. The highest BCUT2D eigenvalue weighted by Crippen LogP contribution is 2.34. The smallest absolute Gasteiger partial charge is 0.317 e. The summed E-state index contributed by atoms with van der Waals surface area (Å²) in [6, 6.07) is 4.41. The second kappa shape index (κ2) is 6.04. The van der Waals surface area contributed by atoms with E-state index >= 15 is 0 Å². The molecule has 1 aliphatic rings. The van der Waals surface area contributed by atoms with Crippen molar-refractivity contribution < 1.29 is 9.90 Å². The number of carbonyl (C=O) groups is 1. The van der Waals surface area contributed by atoms with Gasteiger partial charge in [-0.25, -0.2) is 0 Å². The van der Waals surface area contributed by atoms with Gasteiger partial charge in [-0.1, -0.05) is 24.4 Å². The molecule has 100 valence electrons. The Hall–Kier alpha value is -0.580. The second-order valence-corrected chi connectivity index (χ2v) is 6.57. The number of nitrogens with zero attached hydrogens (tertiary/aromatic N) is 1. The Bertz CT molecular complexity index is 415. The lowest BCUT2D eigenvalue weighted by atomic mass is 10.1. The standard InChI is InChI=1S/C13H18ClNO2S/c1-9(11-6-7-12(14)18-11)15(8-13(16)17)10-4-2-3-5-10/h6-7,9-10H,2-5,8H2,1H3,(H,16,17). The predicted molar refractivity (Wildman–Crippen MR) is 74.3 cm³/mol. The molecule has 1 atom stereocenters. The van der Waals surface area contributed by atoms with E-state index in [1.165, 1.54) is 12.8 Å². The van der Waals surface area contributed by atoms with Crippen LogP contribution in [-0.2, 0) is 4.79 Å². The third kappa shape index (κ3) is 3.25. The van der Waals surface area contributed by atoms with Crippen LogP contribution < -0.4 is 0 Å². The molecule has 1 saturated carbocycles. The van der Waals surface area contributed by atoms with E-state index in [-0.39, 0.29) is 12.6 Å². The van der Waals surface area contributed by atoms with E-state index in [9.17, 15) is 4.79 Å². The van der Waals surface area contributed by atoms with Gasteiger partial charge in [0.05, 0.1) is 10.9 Å². The third-order valence-corrected chi connectivity index (χ3v) is 5.02. The first-order valence-electron chi connectivity index (χ1n) is 6.30. The topological polar surface area (TPSA) is 40.5 Å². The summed E-state index contributed by atoms with van der Waals surface area (Å²) in [6.07, 6.45) is 4.63. The SMILES string of the molecule is CC(c1ccc(Cl)s1)N(CC(=O)O)C1CCCC1. The van der Waals surface area contributed by atoms with Crippen molar-refractivity contribution in [3.05, 3.63) is 21.3 Å². The second-order valence-electron chi connectivity index (χ2n) is 4.82. The molecule has 0 radical (unpaired) electrons. The van der Waals surface area contributed by atoms with Gasteiger partial charge >= 0.3 is 5.97 Å². The number of hydrogen-bond donors (Lipinski definition) is 1. The molecule has 0 spiro atoms. The van der Waals surface area contributed by atoms with Crippen LogP contribution >= 0.6 is 22.9 Å². The summed E-state index contributed by atoms with van der Waals surface area (Å²) < 4.78 is 0.763. The molecule has 0 saturated heterocycles. The Labute approximate surface area is 116 Å². The maximum Gasteiger partial charge on any atom is 0.317 e. The lowest BCUT2D eigenvalue weighted by Gasteiger charge is -2.32. The van der Waals surface area contributed by atoms with Crippen LogP contribution in [0.5, 0.6) is 0 Å². The Morgan fingerprint density at radius 2 is 2.22 bits per heavy atom. The predicted octanol–water partition coefficient (Wildman–Crippen LogP) is 3.79. The summed E-state index contributed by atoms with van der Waals surface area (Å²) in [5, 5.41) is 9.08. The van der Waals surface area contributed by atoms with Crippen molar-refractivity contribution in [1.29, 1.82) is 0 Å². The van der Waals surface area contributed by atoms with E-state index in [2.05, 4.69) is 11.8 Å². The van der Waals surface area contributed by atoms with E-state index in [1.807, 2.05) is 12.1 Å². The number of thiophene rings is 1. The van der Waals surface area contributed by atoms with Gasteiger partial charge in [-0.3, -0.25) is 9.69 Å². The number of aliphatic carboxylic acids is 1. The molecule has 1 heterocycles. The average molecular weight is 288 g/mol. The summed E-state index contributed by atoms with van der Waals surface area (Å²) in [5.41, 5.74) is 0. The van der Waals surface area contributed by atoms with Crippen LogP contribution in [0.15, 0.2) is 12.1 Å². The van der Waals surface area contributed by atoms with Crippen molar-refractivity contribution in [1.82, 2.24) is 4.90 Å². The van der Waals surface area contributed by atoms with Gasteiger partial charge < -0.3 is 5.11 Å². The van der Waals surface area contributed by atoms with Gasteiger partial charge in [0, 0.05) is 17.0 Å².